The molecule has 162 valence electrons. The average molecular weight is 443 g/mol. The molecule has 5 nitrogen and oxygen atoms in total. The zero-order chi connectivity index (χ0) is 19.1. The average Bonchev–Trinajstić information content (AvgIpc) is 2.73. The van der Waals surface area contributed by atoms with E-state index in [1.165, 1.54) is 5.56 Å². The summed E-state index contributed by atoms with van der Waals surface area (Å²) in [7, 11) is 4.93. The van der Waals surface area contributed by atoms with Gasteiger partial charge in [-0.05, 0) is 49.2 Å². The molecule has 2 aromatic carbocycles. The predicted molar refractivity (Wildman–Crippen MR) is 122 cm³/mol. The van der Waals surface area contributed by atoms with Crippen LogP contribution in [0.2, 0.25) is 0 Å². The molecule has 0 atom stereocenters. The maximum Gasteiger partial charge on any atom is 0.203 e. The molecule has 0 saturated carbocycles. The number of rotatable bonds is 8. The van der Waals surface area contributed by atoms with Gasteiger partial charge in [-0.25, -0.2) is 0 Å². The van der Waals surface area contributed by atoms with E-state index < -0.39 is 0 Å². The first-order valence-corrected chi connectivity index (χ1v) is 9.52. The van der Waals surface area contributed by atoms with Crippen LogP contribution in [-0.4, -0.2) is 45.4 Å². The lowest BCUT2D eigenvalue weighted by Crippen LogP contribution is -2.41. The Morgan fingerprint density at radius 3 is 1.97 bits per heavy atom. The monoisotopic (exact) mass is 442 g/mol. The van der Waals surface area contributed by atoms with Crippen LogP contribution in [0.15, 0.2) is 42.5 Å². The van der Waals surface area contributed by atoms with Crippen LogP contribution >= 0.6 is 24.8 Å². The molecular formula is C22H32Cl2N2O3. The van der Waals surface area contributed by atoms with E-state index >= 15 is 0 Å². The fourth-order valence-corrected chi connectivity index (χ4v) is 3.64. The molecule has 0 aromatic heterocycles. The van der Waals surface area contributed by atoms with Crippen LogP contribution in [-0.2, 0) is 13.1 Å². The summed E-state index contributed by atoms with van der Waals surface area (Å²) < 4.78 is 16.3. The molecule has 0 aliphatic carbocycles. The van der Waals surface area contributed by atoms with Gasteiger partial charge in [-0.2, -0.15) is 0 Å². The van der Waals surface area contributed by atoms with Gasteiger partial charge in [0.2, 0.25) is 5.75 Å². The zero-order valence-electron chi connectivity index (χ0n) is 17.3. The van der Waals surface area contributed by atoms with Gasteiger partial charge in [0.15, 0.2) is 11.5 Å². The third-order valence-corrected chi connectivity index (χ3v) is 5.16. The molecule has 1 heterocycles. The number of nitrogens with one attached hydrogen (secondary N) is 1. The highest BCUT2D eigenvalue weighted by atomic mass is 35.5. The van der Waals surface area contributed by atoms with Gasteiger partial charge in [0.25, 0.3) is 0 Å². The van der Waals surface area contributed by atoms with Gasteiger partial charge in [0.1, 0.15) is 0 Å². The van der Waals surface area contributed by atoms with Crippen LogP contribution in [0.25, 0.3) is 0 Å². The third-order valence-electron chi connectivity index (χ3n) is 5.16. The van der Waals surface area contributed by atoms with Crippen LogP contribution in [0.5, 0.6) is 17.2 Å². The second-order valence-corrected chi connectivity index (χ2v) is 6.95. The lowest BCUT2D eigenvalue weighted by molar-refractivity contribution is 0.190. The SMILES string of the molecule is COc1cc(CNC2CCN(Cc3ccccc3)CC2)cc(OC)c1OC.Cl.Cl. The second-order valence-electron chi connectivity index (χ2n) is 6.95. The number of hydrogen-bond donors (Lipinski definition) is 1. The molecule has 7 heteroatoms. The minimum Gasteiger partial charge on any atom is -0.493 e. The van der Waals surface area contributed by atoms with E-state index in [1.54, 1.807) is 21.3 Å². The second kappa shape index (κ2) is 12.8. The minimum atomic E-state index is 0. The highest BCUT2D eigenvalue weighted by molar-refractivity contribution is 5.85. The van der Waals surface area contributed by atoms with Gasteiger partial charge in [0.05, 0.1) is 21.3 Å². The van der Waals surface area contributed by atoms with Gasteiger partial charge in [-0.3, -0.25) is 4.90 Å². The molecule has 1 aliphatic rings. The molecule has 0 radical (unpaired) electrons. The summed E-state index contributed by atoms with van der Waals surface area (Å²) in [5, 5.41) is 3.68. The number of piperidine rings is 1. The molecule has 1 N–H and O–H groups in total. The maximum atomic E-state index is 5.44. The first-order valence-electron chi connectivity index (χ1n) is 9.52. The van der Waals surface area contributed by atoms with Crippen molar-refractivity contribution in [2.75, 3.05) is 34.4 Å². The van der Waals surface area contributed by atoms with Crippen molar-refractivity contribution < 1.29 is 14.2 Å². The van der Waals surface area contributed by atoms with E-state index in [9.17, 15) is 0 Å². The quantitative estimate of drug-likeness (QED) is 0.659. The highest BCUT2D eigenvalue weighted by Crippen LogP contribution is 2.38. The zero-order valence-corrected chi connectivity index (χ0v) is 19.0. The van der Waals surface area contributed by atoms with Crippen molar-refractivity contribution in [3.05, 3.63) is 53.6 Å². The molecular weight excluding hydrogens is 411 g/mol. The smallest absolute Gasteiger partial charge is 0.203 e. The van der Waals surface area contributed by atoms with Crippen molar-refractivity contribution >= 4 is 24.8 Å². The molecule has 2 aromatic rings. The Labute approximate surface area is 186 Å². The molecule has 0 spiro atoms. The molecule has 0 unspecified atom stereocenters. The van der Waals surface area contributed by atoms with Crippen LogP contribution in [0.1, 0.15) is 24.0 Å². The molecule has 0 amide bonds. The van der Waals surface area contributed by atoms with Crippen molar-refractivity contribution in [3.63, 3.8) is 0 Å². The fraction of sp³-hybridized carbons (Fsp3) is 0.455. The number of hydrogen-bond acceptors (Lipinski definition) is 5. The van der Waals surface area contributed by atoms with E-state index in [2.05, 4.69) is 40.5 Å². The summed E-state index contributed by atoms with van der Waals surface area (Å²) in [6.45, 7) is 4.09. The molecule has 1 aliphatic heterocycles. The van der Waals surface area contributed by atoms with Crippen molar-refractivity contribution in [3.8, 4) is 17.2 Å². The number of methoxy groups -OCH3 is 3. The highest BCUT2D eigenvalue weighted by Gasteiger charge is 2.19. The lowest BCUT2D eigenvalue weighted by atomic mass is 10.0. The van der Waals surface area contributed by atoms with Gasteiger partial charge in [0, 0.05) is 19.1 Å². The summed E-state index contributed by atoms with van der Waals surface area (Å²) in [4.78, 5) is 2.53. The van der Waals surface area contributed by atoms with Crippen LogP contribution in [0.4, 0.5) is 0 Å². The fourth-order valence-electron chi connectivity index (χ4n) is 3.64. The number of ether oxygens (including phenoxy) is 3. The Morgan fingerprint density at radius 1 is 0.862 bits per heavy atom. The van der Waals surface area contributed by atoms with Gasteiger partial charge in [-0.15, -0.1) is 24.8 Å². The number of nitrogens with zero attached hydrogens (tertiary/aromatic N) is 1. The largest absolute Gasteiger partial charge is 0.493 e. The number of halogens is 2. The van der Waals surface area contributed by atoms with Crippen LogP contribution < -0.4 is 19.5 Å². The van der Waals surface area contributed by atoms with Crippen molar-refractivity contribution in [1.29, 1.82) is 0 Å². The summed E-state index contributed by atoms with van der Waals surface area (Å²) in [6, 6.07) is 15.3. The summed E-state index contributed by atoms with van der Waals surface area (Å²) in [5.74, 6) is 2.04. The van der Waals surface area contributed by atoms with Crippen LogP contribution in [0.3, 0.4) is 0 Å². The van der Waals surface area contributed by atoms with E-state index in [0.717, 1.165) is 44.6 Å². The maximum absolute atomic E-state index is 5.44. The topological polar surface area (TPSA) is 43.0 Å². The Morgan fingerprint density at radius 2 is 1.45 bits per heavy atom. The Bertz CT molecular complexity index is 698. The first kappa shape index (κ1) is 25.4. The predicted octanol–water partition coefficient (Wildman–Crippen LogP) is 4.31. The minimum absolute atomic E-state index is 0. The summed E-state index contributed by atoms with van der Waals surface area (Å²) in [5.41, 5.74) is 2.53. The first-order chi connectivity index (χ1) is 13.2. The van der Waals surface area contributed by atoms with Gasteiger partial charge >= 0.3 is 0 Å². The standard InChI is InChI=1S/C22H30N2O3.2ClH/c1-25-20-13-18(14-21(26-2)22(20)27-3)15-23-19-9-11-24(12-10-19)16-17-7-5-4-6-8-17;;/h4-8,13-14,19,23H,9-12,15-16H2,1-3H3;2*1H. The Balaban J connectivity index is 0.00000210. The Kier molecular flexibility index (Phi) is 11.2. The molecule has 1 saturated heterocycles. The van der Waals surface area contributed by atoms with E-state index in [1.807, 2.05) is 12.1 Å². The summed E-state index contributed by atoms with van der Waals surface area (Å²) in [6.07, 6.45) is 2.33. The van der Waals surface area contributed by atoms with Gasteiger partial charge in [-0.1, -0.05) is 30.3 Å². The van der Waals surface area contributed by atoms with E-state index in [-0.39, 0.29) is 24.8 Å². The number of benzene rings is 2. The van der Waals surface area contributed by atoms with Crippen LogP contribution in [0, 0.1) is 0 Å². The van der Waals surface area contributed by atoms with Crippen molar-refractivity contribution in [1.82, 2.24) is 10.2 Å². The van der Waals surface area contributed by atoms with Gasteiger partial charge < -0.3 is 19.5 Å². The molecule has 3 rings (SSSR count). The molecule has 1 fully saturated rings. The summed E-state index contributed by atoms with van der Waals surface area (Å²) >= 11 is 0. The Hall–Kier alpha value is -1.66. The van der Waals surface area contributed by atoms with Crippen molar-refractivity contribution in [2.24, 2.45) is 0 Å². The van der Waals surface area contributed by atoms with E-state index in [0.29, 0.717) is 23.3 Å². The molecule has 29 heavy (non-hydrogen) atoms. The molecule has 0 bridgehead atoms. The normalized spacial score (nSPS) is 14.4. The number of likely N-dealkylation sites (tertiary alicyclic amines) is 1. The lowest BCUT2D eigenvalue weighted by Gasteiger charge is -2.32. The third kappa shape index (κ3) is 6.96. The van der Waals surface area contributed by atoms with E-state index in [4.69, 9.17) is 14.2 Å². The van der Waals surface area contributed by atoms with Crippen molar-refractivity contribution in [2.45, 2.75) is 32.0 Å².